The van der Waals surface area contributed by atoms with Gasteiger partial charge in [-0.3, -0.25) is 28.9 Å². The molecule has 0 spiro atoms. The molecule has 6 unspecified atom stereocenters. The van der Waals surface area contributed by atoms with Crippen molar-refractivity contribution in [3.8, 4) is 5.75 Å². The van der Waals surface area contributed by atoms with Gasteiger partial charge in [0.1, 0.15) is 12.4 Å². The van der Waals surface area contributed by atoms with Crippen molar-refractivity contribution in [1.82, 2.24) is 4.90 Å². The second-order valence-corrected chi connectivity index (χ2v) is 11.1. The van der Waals surface area contributed by atoms with E-state index in [1.807, 2.05) is 13.8 Å². The van der Waals surface area contributed by atoms with Gasteiger partial charge in [-0.25, -0.2) is 0 Å². The molecule has 1 amide bonds. The molecular weight excluding hydrogens is 494 g/mol. The molecule has 0 saturated heterocycles. The average Bonchev–Trinajstić information content (AvgIpc) is 2.80. The number of phenols is 1. The van der Waals surface area contributed by atoms with Gasteiger partial charge < -0.3 is 20.8 Å². The van der Waals surface area contributed by atoms with Crippen LogP contribution >= 0.6 is 0 Å². The number of phenolic OH excluding ortho intramolecular Hbond substituents is 1. The molecule has 3 aliphatic carbocycles. The van der Waals surface area contributed by atoms with Crippen molar-refractivity contribution in [2.45, 2.75) is 45.3 Å². The molecule has 6 atom stereocenters. The molecule has 0 bridgehead atoms. The van der Waals surface area contributed by atoms with E-state index in [0.29, 0.717) is 23.4 Å². The van der Waals surface area contributed by atoms with Crippen LogP contribution < -0.4 is 5.73 Å². The van der Waals surface area contributed by atoms with Crippen molar-refractivity contribution in [3.05, 3.63) is 28.8 Å². The number of carbonyl (C=O) groups is 5. The number of nitrogens with zero attached hydrogens (tertiary/aromatic N) is 2. The number of amides is 1. The number of Topliss-reactive ketones (excluding diaryl/α,β-unsaturated/α-hetero) is 4. The van der Waals surface area contributed by atoms with Crippen LogP contribution in [-0.4, -0.2) is 82.2 Å². The first kappa shape index (κ1) is 27.6. The zero-order valence-corrected chi connectivity index (χ0v) is 22.1. The largest absolute Gasteiger partial charge is 0.507 e. The van der Waals surface area contributed by atoms with Gasteiger partial charge in [0.25, 0.3) is 0 Å². The number of primary amides is 1. The first-order valence-electron chi connectivity index (χ1n) is 12.6. The van der Waals surface area contributed by atoms with Crippen molar-refractivity contribution in [3.63, 3.8) is 0 Å². The molecule has 11 heteroatoms. The summed E-state index contributed by atoms with van der Waals surface area (Å²) in [6, 6.07) is 1.80. The number of hydrogen-bond donors (Lipinski definition) is 3. The van der Waals surface area contributed by atoms with Crippen LogP contribution in [0, 0.1) is 29.6 Å². The summed E-state index contributed by atoms with van der Waals surface area (Å²) in [5.41, 5.74) is 4.03. The van der Waals surface area contributed by atoms with Crippen LogP contribution in [0.2, 0.25) is 0 Å². The minimum absolute atomic E-state index is 0.0148. The number of ketones is 4. The maximum absolute atomic E-state index is 13.8. The summed E-state index contributed by atoms with van der Waals surface area (Å²) in [7, 11) is 3.09. The molecule has 1 aromatic carbocycles. The predicted octanol–water partition coefficient (Wildman–Crippen LogP) is 0.264. The molecule has 3 aliphatic rings. The van der Waals surface area contributed by atoms with Gasteiger partial charge in [-0.05, 0) is 63.4 Å². The number of rotatable bonds is 6. The number of carbonyl (C=O) groups excluding carboxylic acids is 5. The highest BCUT2D eigenvalue weighted by molar-refractivity contribution is 6.32. The fourth-order valence-corrected chi connectivity index (χ4v) is 6.28. The molecule has 1 aromatic rings. The van der Waals surface area contributed by atoms with E-state index in [2.05, 4.69) is 5.16 Å². The van der Waals surface area contributed by atoms with Crippen molar-refractivity contribution >= 4 is 34.8 Å². The quantitative estimate of drug-likeness (QED) is 0.266. The third-order valence-corrected chi connectivity index (χ3v) is 7.94. The van der Waals surface area contributed by atoms with Gasteiger partial charge in [-0.2, -0.15) is 0 Å². The third kappa shape index (κ3) is 4.04. The van der Waals surface area contributed by atoms with Gasteiger partial charge in [-0.15, -0.1) is 0 Å². The fourth-order valence-electron chi connectivity index (χ4n) is 6.28. The zero-order valence-electron chi connectivity index (χ0n) is 22.1. The Balaban J connectivity index is 1.82. The van der Waals surface area contributed by atoms with Crippen LogP contribution in [-0.2, 0) is 30.4 Å². The lowest BCUT2D eigenvalue weighted by Gasteiger charge is -2.52. The van der Waals surface area contributed by atoms with E-state index in [4.69, 9.17) is 10.6 Å². The zero-order chi connectivity index (χ0) is 28.3. The summed E-state index contributed by atoms with van der Waals surface area (Å²) < 4.78 is 0. The topological polar surface area (TPSA) is 177 Å². The molecule has 4 rings (SSSR count). The van der Waals surface area contributed by atoms with Gasteiger partial charge in [-0.1, -0.05) is 19.0 Å². The van der Waals surface area contributed by atoms with Crippen LogP contribution in [0.1, 0.15) is 48.7 Å². The Morgan fingerprint density at radius 3 is 2.45 bits per heavy atom. The van der Waals surface area contributed by atoms with E-state index in [1.54, 1.807) is 27.1 Å². The first-order valence-corrected chi connectivity index (χ1v) is 12.6. The second kappa shape index (κ2) is 9.70. The van der Waals surface area contributed by atoms with Crippen molar-refractivity contribution in [2.24, 2.45) is 40.5 Å². The number of oxime groups is 1. The molecule has 0 heterocycles. The molecule has 4 N–H and O–H groups in total. The lowest BCUT2D eigenvalue weighted by Crippen LogP contribution is -2.74. The van der Waals surface area contributed by atoms with Gasteiger partial charge in [0.15, 0.2) is 34.7 Å². The van der Waals surface area contributed by atoms with Gasteiger partial charge in [0, 0.05) is 11.5 Å². The Kier molecular flexibility index (Phi) is 7.04. The second-order valence-electron chi connectivity index (χ2n) is 11.1. The maximum atomic E-state index is 13.8. The third-order valence-electron chi connectivity index (χ3n) is 7.94. The van der Waals surface area contributed by atoms with Crippen LogP contribution in [0.3, 0.4) is 0 Å². The Morgan fingerprint density at radius 2 is 1.87 bits per heavy atom. The lowest BCUT2D eigenvalue weighted by molar-refractivity contribution is -0.181. The first-order chi connectivity index (χ1) is 17.7. The molecule has 0 aliphatic heterocycles. The molecule has 0 aromatic heterocycles. The van der Waals surface area contributed by atoms with E-state index in [-0.39, 0.29) is 30.1 Å². The smallest absolute Gasteiger partial charge is 0.235 e. The fraction of sp³-hybridized carbons (Fsp3) is 0.556. The van der Waals surface area contributed by atoms with E-state index in [1.165, 1.54) is 11.0 Å². The molecule has 2 fully saturated rings. The normalized spacial score (nSPS) is 31.3. The van der Waals surface area contributed by atoms with Crippen molar-refractivity contribution < 1.29 is 39.0 Å². The summed E-state index contributed by atoms with van der Waals surface area (Å²) >= 11 is 0. The summed E-state index contributed by atoms with van der Waals surface area (Å²) in [5, 5.41) is 26.4. The van der Waals surface area contributed by atoms with Gasteiger partial charge in [0.05, 0.1) is 23.2 Å². The Bertz CT molecular complexity index is 1270. The van der Waals surface area contributed by atoms with E-state index < -0.39 is 64.4 Å². The summed E-state index contributed by atoms with van der Waals surface area (Å²) in [6.45, 7) is 6.04. The number of likely N-dealkylation sites (N-methyl/N-ethyl adjacent to an activating group) is 1. The number of aliphatic hydroxyl groups is 1. The predicted molar refractivity (Wildman–Crippen MR) is 134 cm³/mol. The van der Waals surface area contributed by atoms with Crippen molar-refractivity contribution in [2.75, 3.05) is 20.7 Å². The highest BCUT2D eigenvalue weighted by Crippen LogP contribution is 2.51. The molecule has 204 valence electrons. The van der Waals surface area contributed by atoms with Gasteiger partial charge in [0.2, 0.25) is 5.91 Å². The Labute approximate surface area is 220 Å². The standard InChI is InChI=1S/C27H33N3O8/c1-11(2)10-38-29-12(3)14-6-7-17(31)19-15(14)8-13-9-16-21(30(4)5)23(33)20(26(28)36)25(35)27(16,37)24(34)18(13)22(19)32/h6-7,11,13,16,18,20-21,31,37H,8-10H2,1-5H3,(H2,28,36). The number of hydrogen-bond acceptors (Lipinski definition) is 10. The molecule has 0 radical (unpaired) electrons. The van der Waals surface area contributed by atoms with Crippen LogP contribution in [0.4, 0.5) is 0 Å². The SMILES string of the molecule is CC(=NOCC(C)C)c1ccc(O)c2c1CC1CC3C(N(C)C)C(=O)C(C(N)=O)C(=O)C3(O)C(=O)C1C2=O. The van der Waals surface area contributed by atoms with Crippen LogP contribution in [0.25, 0.3) is 0 Å². The summed E-state index contributed by atoms with van der Waals surface area (Å²) in [5.74, 6) is -10.5. The lowest BCUT2D eigenvalue weighted by atomic mass is 9.52. The molecular formula is C27H33N3O8. The Hall–Kier alpha value is -3.44. The van der Waals surface area contributed by atoms with Gasteiger partial charge >= 0.3 is 0 Å². The average molecular weight is 528 g/mol. The van der Waals surface area contributed by atoms with E-state index in [0.717, 1.165) is 0 Å². The molecule has 11 nitrogen and oxygen atoms in total. The monoisotopic (exact) mass is 527 g/mol. The molecule has 38 heavy (non-hydrogen) atoms. The number of aromatic hydroxyl groups is 1. The number of nitrogens with two attached hydrogens (primary N) is 1. The summed E-state index contributed by atoms with van der Waals surface area (Å²) in [6.07, 6.45) is 0.144. The van der Waals surface area contributed by atoms with Crippen LogP contribution in [0.15, 0.2) is 17.3 Å². The Morgan fingerprint density at radius 1 is 1.21 bits per heavy atom. The highest BCUT2D eigenvalue weighted by atomic mass is 16.6. The van der Waals surface area contributed by atoms with Crippen LogP contribution in [0.5, 0.6) is 5.75 Å². The van der Waals surface area contributed by atoms with E-state index in [9.17, 15) is 34.2 Å². The minimum Gasteiger partial charge on any atom is -0.507 e. The number of fused-ring (bicyclic) bond motifs is 3. The minimum atomic E-state index is -2.74. The number of benzene rings is 1. The summed E-state index contributed by atoms with van der Waals surface area (Å²) in [4.78, 5) is 72.9. The van der Waals surface area contributed by atoms with E-state index >= 15 is 0 Å². The molecule has 2 saturated carbocycles. The van der Waals surface area contributed by atoms with Crippen molar-refractivity contribution in [1.29, 1.82) is 0 Å². The highest BCUT2D eigenvalue weighted by Gasteiger charge is 2.69. The maximum Gasteiger partial charge on any atom is 0.235 e.